The topological polar surface area (TPSA) is 87.9 Å². The highest BCUT2D eigenvalue weighted by molar-refractivity contribution is 5.68. The van der Waals surface area contributed by atoms with E-state index in [1.165, 1.54) is 0 Å². The lowest BCUT2D eigenvalue weighted by atomic mass is 10.3. The Hall–Kier alpha value is -2.66. The number of hydrogen-bond acceptors (Lipinski definition) is 6. The van der Waals surface area contributed by atoms with E-state index in [4.69, 9.17) is 0 Å². The van der Waals surface area contributed by atoms with Crippen molar-refractivity contribution in [3.63, 3.8) is 0 Å². The summed E-state index contributed by atoms with van der Waals surface area (Å²) in [6.45, 7) is -0.758. The number of halogens is 5. The Kier molecular flexibility index (Phi) is 5.21. The number of carbonyl (C=O) groups excluding carboxylic acids is 1. The van der Waals surface area contributed by atoms with Gasteiger partial charge in [0.25, 0.3) is 10.8 Å². The van der Waals surface area contributed by atoms with Crippen molar-refractivity contribution in [3.8, 4) is 5.75 Å². The Labute approximate surface area is 111 Å². The first-order valence-electron chi connectivity index (χ1n) is 4.91. The second-order valence-electron chi connectivity index (χ2n) is 3.24. The van der Waals surface area contributed by atoms with Gasteiger partial charge in [-0.1, -0.05) is 0 Å². The van der Waals surface area contributed by atoms with Gasteiger partial charge in [-0.25, -0.2) is 18.0 Å². The molecule has 1 aromatic rings. The highest BCUT2D eigenvalue weighted by Gasteiger charge is 2.28. The number of rotatable bonds is 6. The molecular formula is C9H4F5NO6. The summed E-state index contributed by atoms with van der Waals surface area (Å²) in [5.41, 5.74) is 0. The SMILES string of the molecule is O=C(CCO[N+](=O)[O-])OOc1c(F)c(F)c(F)c(F)c1F. The van der Waals surface area contributed by atoms with Crippen LogP contribution in [0.15, 0.2) is 0 Å². The lowest BCUT2D eigenvalue weighted by Gasteiger charge is -2.08. The average Bonchev–Trinajstić information content (AvgIpc) is 2.42. The Morgan fingerprint density at radius 3 is 1.95 bits per heavy atom. The van der Waals surface area contributed by atoms with Crippen LogP contribution in [0.1, 0.15) is 6.42 Å². The van der Waals surface area contributed by atoms with E-state index in [1.54, 1.807) is 0 Å². The molecule has 0 saturated heterocycles. The molecule has 0 aliphatic rings. The molecule has 0 unspecified atom stereocenters. The van der Waals surface area contributed by atoms with E-state index < -0.39 is 58.9 Å². The molecule has 116 valence electrons. The summed E-state index contributed by atoms with van der Waals surface area (Å²) in [4.78, 5) is 31.8. The molecule has 0 aliphatic heterocycles. The fraction of sp³-hybridized carbons (Fsp3) is 0.222. The van der Waals surface area contributed by atoms with Crippen molar-refractivity contribution in [3.05, 3.63) is 39.2 Å². The molecule has 21 heavy (non-hydrogen) atoms. The third kappa shape index (κ3) is 3.90. The van der Waals surface area contributed by atoms with Gasteiger partial charge in [-0.15, -0.1) is 10.1 Å². The molecule has 0 bridgehead atoms. The highest BCUT2D eigenvalue weighted by atomic mass is 19.2. The number of benzene rings is 1. The minimum atomic E-state index is -2.41. The zero-order chi connectivity index (χ0) is 16.2. The molecule has 0 aliphatic carbocycles. The molecule has 0 N–H and O–H groups in total. The van der Waals surface area contributed by atoms with Crippen LogP contribution < -0.4 is 4.89 Å². The minimum absolute atomic E-state index is 0.758. The molecule has 0 atom stereocenters. The zero-order valence-corrected chi connectivity index (χ0v) is 9.70. The van der Waals surface area contributed by atoms with Gasteiger partial charge in [-0.2, -0.15) is 8.78 Å². The average molecular weight is 317 g/mol. The predicted octanol–water partition coefficient (Wildman–Crippen LogP) is 1.82. The molecule has 0 amide bonds. The predicted molar refractivity (Wildman–Crippen MR) is 50.5 cm³/mol. The molecule has 1 aromatic carbocycles. The number of nitrogens with zero attached hydrogens (tertiary/aromatic N) is 1. The van der Waals surface area contributed by atoms with Crippen LogP contribution in [-0.2, 0) is 14.5 Å². The Balaban J connectivity index is 2.72. The van der Waals surface area contributed by atoms with Crippen LogP contribution in [0.4, 0.5) is 22.0 Å². The highest BCUT2D eigenvalue weighted by Crippen LogP contribution is 2.29. The lowest BCUT2D eigenvalue weighted by molar-refractivity contribution is -0.757. The summed E-state index contributed by atoms with van der Waals surface area (Å²) >= 11 is 0. The van der Waals surface area contributed by atoms with Gasteiger partial charge in [0.05, 0.1) is 6.42 Å². The molecule has 7 nitrogen and oxygen atoms in total. The molecule has 0 radical (unpaired) electrons. The molecule has 0 spiro atoms. The number of carbonyl (C=O) groups is 1. The maximum absolute atomic E-state index is 13.1. The van der Waals surface area contributed by atoms with Gasteiger partial charge in [0.15, 0.2) is 0 Å². The minimum Gasteiger partial charge on any atom is -0.313 e. The van der Waals surface area contributed by atoms with E-state index in [-0.39, 0.29) is 0 Å². The van der Waals surface area contributed by atoms with Crippen molar-refractivity contribution in [1.82, 2.24) is 0 Å². The van der Waals surface area contributed by atoms with E-state index in [9.17, 15) is 36.9 Å². The van der Waals surface area contributed by atoms with Crippen LogP contribution in [0.25, 0.3) is 0 Å². The van der Waals surface area contributed by atoms with Crippen LogP contribution in [0.3, 0.4) is 0 Å². The Morgan fingerprint density at radius 1 is 1.00 bits per heavy atom. The molecule has 1 rings (SSSR count). The second kappa shape index (κ2) is 6.67. The third-order valence-electron chi connectivity index (χ3n) is 1.89. The van der Waals surface area contributed by atoms with Crippen LogP contribution in [0.2, 0.25) is 0 Å². The van der Waals surface area contributed by atoms with E-state index in [1.807, 2.05) is 0 Å². The largest absolute Gasteiger partial charge is 0.357 e. The summed E-state index contributed by atoms with van der Waals surface area (Å²) < 4.78 is 64.3. The first kappa shape index (κ1) is 16.4. The van der Waals surface area contributed by atoms with Gasteiger partial charge < -0.3 is 4.84 Å². The molecule has 12 heteroatoms. The third-order valence-corrected chi connectivity index (χ3v) is 1.89. The van der Waals surface area contributed by atoms with Crippen molar-refractivity contribution < 1.29 is 46.4 Å². The molecule has 0 fully saturated rings. The van der Waals surface area contributed by atoms with Crippen LogP contribution >= 0.6 is 0 Å². The van der Waals surface area contributed by atoms with Gasteiger partial charge in [0.2, 0.25) is 29.1 Å². The first-order chi connectivity index (χ1) is 9.75. The Morgan fingerprint density at radius 2 is 1.48 bits per heavy atom. The quantitative estimate of drug-likeness (QED) is 0.199. The monoisotopic (exact) mass is 317 g/mol. The van der Waals surface area contributed by atoms with Gasteiger partial charge >= 0.3 is 5.97 Å². The zero-order valence-electron chi connectivity index (χ0n) is 9.70. The van der Waals surface area contributed by atoms with Crippen molar-refractivity contribution in [1.29, 1.82) is 0 Å². The smallest absolute Gasteiger partial charge is 0.313 e. The maximum Gasteiger partial charge on any atom is 0.357 e. The van der Waals surface area contributed by atoms with Crippen LogP contribution in [-0.4, -0.2) is 17.7 Å². The van der Waals surface area contributed by atoms with Crippen LogP contribution in [0.5, 0.6) is 5.75 Å². The molecular weight excluding hydrogens is 313 g/mol. The van der Waals surface area contributed by atoms with E-state index >= 15 is 0 Å². The first-order valence-corrected chi connectivity index (χ1v) is 4.91. The van der Waals surface area contributed by atoms with Gasteiger partial charge in [0.1, 0.15) is 6.61 Å². The van der Waals surface area contributed by atoms with Gasteiger partial charge in [-0.3, -0.25) is 9.78 Å². The van der Waals surface area contributed by atoms with Crippen molar-refractivity contribution in [2.24, 2.45) is 0 Å². The van der Waals surface area contributed by atoms with Crippen molar-refractivity contribution in [2.45, 2.75) is 6.42 Å². The second-order valence-corrected chi connectivity index (χ2v) is 3.24. The fourth-order valence-corrected chi connectivity index (χ4v) is 0.991. The van der Waals surface area contributed by atoms with E-state index in [0.29, 0.717) is 0 Å². The molecule has 0 saturated carbocycles. The summed E-state index contributed by atoms with van der Waals surface area (Å²) in [7, 11) is 0. The van der Waals surface area contributed by atoms with Crippen molar-refractivity contribution >= 4 is 5.97 Å². The van der Waals surface area contributed by atoms with Crippen molar-refractivity contribution in [2.75, 3.05) is 6.61 Å². The maximum atomic E-state index is 13.1. The fourth-order valence-electron chi connectivity index (χ4n) is 0.991. The molecule has 0 aromatic heterocycles. The van der Waals surface area contributed by atoms with E-state index in [2.05, 4.69) is 14.6 Å². The standard InChI is InChI=1S/C9H4F5NO6/c10-4-5(11)7(13)9(8(14)6(4)12)21-20-3(16)1-2-19-15(17)18/h1-2H2. The Bertz CT molecular complexity index is 551. The number of hydrogen-bond donors (Lipinski definition) is 0. The summed E-state index contributed by atoms with van der Waals surface area (Å²) in [6, 6.07) is 0. The lowest BCUT2D eigenvalue weighted by Crippen LogP contribution is -2.15. The van der Waals surface area contributed by atoms with Gasteiger partial charge in [0, 0.05) is 0 Å². The van der Waals surface area contributed by atoms with E-state index in [0.717, 1.165) is 0 Å². The summed E-state index contributed by atoms with van der Waals surface area (Å²) in [6.07, 6.45) is -0.767. The molecule has 0 heterocycles. The van der Waals surface area contributed by atoms with Crippen LogP contribution in [0, 0.1) is 39.2 Å². The summed E-state index contributed by atoms with van der Waals surface area (Å²) in [5, 5.41) is 8.51. The van der Waals surface area contributed by atoms with Gasteiger partial charge in [-0.05, 0) is 0 Å². The normalized spacial score (nSPS) is 10.1. The summed E-state index contributed by atoms with van der Waals surface area (Å²) in [5.74, 6) is -14.9.